The highest BCUT2D eigenvalue weighted by atomic mass is 28.4. The van der Waals surface area contributed by atoms with Gasteiger partial charge < -0.3 is 23.3 Å². The Labute approximate surface area is 129 Å². The van der Waals surface area contributed by atoms with Gasteiger partial charge in [0.05, 0.1) is 0 Å². The normalized spacial score (nSPS) is 11.6. The lowest BCUT2D eigenvalue weighted by atomic mass is 10.3. The predicted molar refractivity (Wildman–Crippen MR) is 84.6 cm³/mol. The highest BCUT2D eigenvalue weighted by molar-refractivity contribution is 6.60. The van der Waals surface area contributed by atoms with Crippen LogP contribution in [0, 0.1) is 0 Å². The van der Waals surface area contributed by atoms with Crippen LogP contribution in [0.2, 0.25) is 6.04 Å². The zero-order valence-corrected chi connectivity index (χ0v) is 14.9. The predicted octanol–water partition coefficient (Wildman–Crippen LogP) is 3.21. The molecule has 21 heavy (non-hydrogen) atoms. The molecule has 0 atom stereocenters. The van der Waals surface area contributed by atoms with Crippen molar-refractivity contribution in [2.24, 2.45) is 0 Å². The van der Waals surface area contributed by atoms with E-state index in [0.717, 1.165) is 12.8 Å². The van der Waals surface area contributed by atoms with Gasteiger partial charge in [-0.25, -0.2) is 4.79 Å². The molecule has 0 aliphatic rings. The fourth-order valence-electron chi connectivity index (χ4n) is 2.14. The van der Waals surface area contributed by atoms with Gasteiger partial charge in [-0.15, -0.1) is 0 Å². The van der Waals surface area contributed by atoms with Gasteiger partial charge >= 0.3 is 14.9 Å². The van der Waals surface area contributed by atoms with Crippen LogP contribution in [0.5, 0.6) is 0 Å². The van der Waals surface area contributed by atoms with Crippen molar-refractivity contribution in [2.45, 2.75) is 53.0 Å². The van der Waals surface area contributed by atoms with Gasteiger partial charge in [0.2, 0.25) is 0 Å². The minimum Gasteiger partial charge on any atom is -0.465 e. The van der Waals surface area contributed by atoms with Gasteiger partial charge in [0.15, 0.2) is 0 Å². The molecule has 0 saturated heterocycles. The van der Waals surface area contributed by atoms with Crippen LogP contribution >= 0.6 is 0 Å². The van der Waals surface area contributed by atoms with Crippen molar-refractivity contribution in [3.8, 4) is 0 Å². The molecule has 7 heteroatoms. The summed E-state index contributed by atoms with van der Waals surface area (Å²) in [5.74, 6) is 0. The van der Waals surface area contributed by atoms with Gasteiger partial charge in [-0.3, -0.25) is 0 Å². The van der Waals surface area contributed by atoms with Gasteiger partial charge in [0.1, 0.15) is 0 Å². The topological polar surface area (TPSA) is 68.2 Å². The lowest BCUT2D eigenvalue weighted by Gasteiger charge is -2.29. The van der Waals surface area contributed by atoms with Crippen molar-refractivity contribution in [1.82, 2.24) is 4.90 Å². The largest absolute Gasteiger partial charge is 0.500 e. The second-order valence-electron chi connectivity index (χ2n) is 4.71. The minimum absolute atomic E-state index is 0.497. The van der Waals surface area contributed by atoms with E-state index in [2.05, 4.69) is 6.92 Å². The number of unbranched alkanes of at least 4 members (excludes halogenated alkanes) is 1. The summed E-state index contributed by atoms with van der Waals surface area (Å²) in [6.07, 6.45) is 1.71. The molecule has 0 aliphatic heterocycles. The fourth-order valence-corrected chi connectivity index (χ4v) is 4.73. The van der Waals surface area contributed by atoms with E-state index < -0.39 is 14.9 Å². The summed E-state index contributed by atoms with van der Waals surface area (Å²) >= 11 is 0. The maximum absolute atomic E-state index is 11.2. The van der Waals surface area contributed by atoms with Crippen LogP contribution in [0.3, 0.4) is 0 Å². The van der Waals surface area contributed by atoms with Crippen molar-refractivity contribution >= 4 is 14.9 Å². The molecule has 1 amide bonds. The molecule has 0 rings (SSSR count). The summed E-state index contributed by atoms with van der Waals surface area (Å²) in [7, 11) is -2.65. The zero-order chi connectivity index (χ0) is 16.1. The van der Waals surface area contributed by atoms with E-state index in [1.165, 1.54) is 4.90 Å². The standard InChI is InChI=1S/C14H31NO5Si/c1-5-9-11-15(14(16)17)12-10-13-21(18-6-2,19-7-3)20-8-4/h5-13H2,1-4H3,(H,16,17). The number of hydrogen-bond donors (Lipinski definition) is 1. The molecule has 0 spiro atoms. The molecule has 126 valence electrons. The van der Waals surface area contributed by atoms with Gasteiger partial charge in [0.25, 0.3) is 0 Å². The number of amides is 1. The number of hydrogen-bond acceptors (Lipinski definition) is 4. The first kappa shape index (κ1) is 20.4. The lowest BCUT2D eigenvalue weighted by Crippen LogP contribution is -2.46. The highest BCUT2D eigenvalue weighted by Gasteiger charge is 2.39. The lowest BCUT2D eigenvalue weighted by molar-refractivity contribution is 0.0696. The van der Waals surface area contributed by atoms with Crippen molar-refractivity contribution in [3.63, 3.8) is 0 Å². The Bertz CT molecular complexity index is 261. The quantitative estimate of drug-likeness (QED) is 0.528. The third kappa shape index (κ3) is 8.40. The van der Waals surface area contributed by atoms with E-state index in [4.69, 9.17) is 13.3 Å². The molecule has 0 fully saturated rings. The Morgan fingerprint density at radius 2 is 1.43 bits per heavy atom. The van der Waals surface area contributed by atoms with Crippen molar-refractivity contribution in [1.29, 1.82) is 0 Å². The Morgan fingerprint density at radius 3 is 1.81 bits per heavy atom. The van der Waals surface area contributed by atoms with Gasteiger partial charge in [-0.2, -0.15) is 0 Å². The summed E-state index contributed by atoms with van der Waals surface area (Å²) < 4.78 is 17.3. The zero-order valence-electron chi connectivity index (χ0n) is 13.9. The van der Waals surface area contributed by atoms with Crippen LogP contribution in [0.4, 0.5) is 4.79 Å². The smallest absolute Gasteiger partial charge is 0.465 e. The van der Waals surface area contributed by atoms with E-state index in [1.54, 1.807) is 0 Å². The van der Waals surface area contributed by atoms with Crippen molar-refractivity contribution in [3.05, 3.63) is 0 Å². The summed E-state index contributed by atoms with van der Waals surface area (Å²) in [5.41, 5.74) is 0. The third-order valence-corrected chi connectivity index (χ3v) is 6.21. The van der Waals surface area contributed by atoms with E-state index >= 15 is 0 Å². The first-order valence-electron chi connectivity index (χ1n) is 7.94. The molecular formula is C14H31NO5Si. The van der Waals surface area contributed by atoms with Crippen LogP contribution in [0.25, 0.3) is 0 Å². The second kappa shape index (κ2) is 12.0. The summed E-state index contributed by atoms with van der Waals surface area (Å²) in [5, 5.41) is 9.18. The average molecular weight is 321 g/mol. The molecule has 0 bridgehead atoms. The Morgan fingerprint density at radius 1 is 0.952 bits per heavy atom. The summed E-state index contributed by atoms with van der Waals surface area (Å²) in [6, 6.07) is 0.651. The van der Waals surface area contributed by atoms with Crippen LogP contribution in [0.1, 0.15) is 47.0 Å². The number of carboxylic acid groups (broad SMARTS) is 1. The molecule has 0 radical (unpaired) electrons. The minimum atomic E-state index is -2.65. The maximum Gasteiger partial charge on any atom is 0.500 e. The van der Waals surface area contributed by atoms with Crippen LogP contribution in [-0.4, -0.2) is 57.8 Å². The SMILES string of the molecule is CCCCN(CCC[Si](OCC)(OCC)OCC)C(=O)O. The molecule has 6 nitrogen and oxygen atoms in total. The Balaban J connectivity index is 4.46. The number of carbonyl (C=O) groups is 1. The van der Waals surface area contributed by atoms with Crippen LogP contribution in [-0.2, 0) is 13.3 Å². The van der Waals surface area contributed by atoms with Crippen LogP contribution in [0.15, 0.2) is 0 Å². The molecule has 0 heterocycles. The van der Waals surface area contributed by atoms with Crippen molar-refractivity contribution < 1.29 is 23.2 Å². The van der Waals surface area contributed by atoms with E-state index in [-0.39, 0.29) is 0 Å². The third-order valence-electron chi connectivity index (χ3n) is 3.06. The highest BCUT2D eigenvalue weighted by Crippen LogP contribution is 2.18. The average Bonchev–Trinajstić information content (AvgIpc) is 2.43. The Hall–Kier alpha value is -0.633. The maximum atomic E-state index is 11.2. The molecular weight excluding hydrogens is 290 g/mol. The summed E-state index contributed by atoms with van der Waals surface area (Å²) in [6.45, 7) is 10.5. The van der Waals surface area contributed by atoms with E-state index in [9.17, 15) is 9.90 Å². The van der Waals surface area contributed by atoms with Crippen LogP contribution < -0.4 is 0 Å². The first-order chi connectivity index (χ1) is 10.0. The number of rotatable bonds is 13. The van der Waals surface area contributed by atoms with E-state index in [0.29, 0.717) is 45.4 Å². The molecule has 0 aliphatic carbocycles. The number of nitrogens with zero attached hydrogens (tertiary/aromatic N) is 1. The molecule has 0 aromatic carbocycles. The monoisotopic (exact) mass is 321 g/mol. The molecule has 1 N–H and O–H groups in total. The second-order valence-corrected chi connectivity index (χ2v) is 7.44. The molecule has 0 aromatic heterocycles. The molecule has 0 saturated carbocycles. The fraction of sp³-hybridized carbons (Fsp3) is 0.929. The first-order valence-corrected chi connectivity index (χ1v) is 9.88. The Kier molecular flexibility index (Phi) is 11.6. The van der Waals surface area contributed by atoms with Crippen molar-refractivity contribution in [2.75, 3.05) is 32.9 Å². The molecule has 0 aromatic rings. The summed E-state index contributed by atoms with van der Waals surface area (Å²) in [4.78, 5) is 12.6. The van der Waals surface area contributed by atoms with Gasteiger partial charge in [-0.1, -0.05) is 13.3 Å². The van der Waals surface area contributed by atoms with E-state index in [1.807, 2.05) is 20.8 Å². The van der Waals surface area contributed by atoms with Gasteiger partial charge in [0, 0.05) is 39.0 Å². The molecule has 0 unspecified atom stereocenters. The van der Waals surface area contributed by atoms with Gasteiger partial charge in [-0.05, 0) is 33.6 Å².